The Morgan fingerprint density at radius 1 is 0.439 bits per heavy atom. The summed E-state index contributed by atoms with van der Waals surface area (Å²) in [5, 5.41) is 12.0. The minimum atomic E-state index is -1.31. The molecule has 1 amide bonds. The molecule has 0 heterocycles. The average molecular weight is 809 g/mol. The van der Waals surface area contributed by atoms with Crippen molar-refractivity contribution in [2.75, 3.05) is 0 Å². The van der Waals surface area contributed by atoms with Crippen molar-refractivity contribution in [1.29, 1.82) is 0 Å². The molecule has 0 aliphatic heterocycles. The minimum absolute atomic E-state index is 0.143. The summed E-state index contributed by atoms with van der Waals surface area (Å²) in [6, 6.07) is -2.61. The standard InChI is InChI=1S/C46H84N2O9/c1-3-5-7-9-11-13-15-17-19-21-23-25-27-29-31-33-41(49)48-40(45(53)54)36-38-44(52)57-46(55)39(47)35-37-43(51)56-42(50)34-32-30-28-26-24-22-20-18-16-14-12-10-8-6-4-2/h39-40H,3-38,47H2,1-2H3,(H,48,49)(H,53,54)/t39-,40-/m1/s1. The largest absolute Gasteiger partial charge is 0.480 e. The van der Waals surface area contributed by atoms with Crippen LogP contribution in [0.3, 0.4) is 0 Å². The fourth-order valence-electron chi connectivity index (χ4n) is 6.94. The highest BCUT2D eigenvalue weighted by Gasteiger charge is 2.24. The van der Waals surface area contributed by atoms with Gasteiger partial charge in [0.05, 0.1) is 0 Å². The predicted octanol–water partition coefficient (Wildman–Crippen LogP) is 11.1. The van der Waals surface area contributed by atoms with Crippen molar-refractivity contribution in [1.82, 2.24) is 5.32 Å². The molecule has 0 spiro atoms. The molecule has 0 saturated carbocycles. The number of ether oxygens (including phenoxy) is 2. The first-order valence-electron chi connectivity index (χ1n) is 23.4. The molecule has 0 rings (SSSR count). The third-order valence-electron chi connectivity index (χ3n) is 10.7. The molecule has 0 saturated heterocycles. The van der Waals surface area contributed by atoms with Gasteiger partial charge in [0.15, 0.2) is 0 Å². The summed E-state index contributed by atoms with van der Waals surface area (Å²) in [5.74, 6) is -5.16. The van der Waals surface area contributed by atoms with E-state index in [1.165, 1.54) is 141 Å². The predicted molar refractivity (Wildman–Crippen MR) is 227 cm³/mol. The van der Waals surface area contributed by atoms with Crippen LogP contribution in [0.4, 0.5) is 0 Å². The molecule has 0 aromatic carbocycles. The smallest absolute Gasteiger partial charge is 0.330 e. The first-order chi connectivity index (χ1) is 27.6. The Hall–Kier alpha value is -2.82. The summed E-state index contributed by atoms with van der Waals surface area (Å²) in [7, 11) is 0. The number of unbranched alkanes of at least 4 members (excludes halogenated alkanes) is 28. The number of nitrogens with two attached hydrogens (primary N) is 1. The van der Waals surface area contributed by atoms with Gasteiger partial charge in [0.1, 0.15) is 12.1 Å². The monoisotopic (exact) mass is 809 g/mol. The fraction of sp³-hybridized carbons (Fsp3) is 0.870. The van der Waals surface area contributed by atoms with Crippen molar-refractivity contribution in [2.24, 2.45) is 5.73 Å². The Bertz CT molecular complexity index is 1050. The Balaban J connectivity index is 3.93. The highest BCUT2D eigenvalue weighted by molar-refractivity contribution is 5.90. The van der Waals surface area contributed by atoms with Gasteiger partial charge in [0, 0.05) is 25.7 Å². The van der Waals surface area contributed by atoms with E-state index < -0.39 is 54.3 Å². The van der Waals surface area contributed by atoms with E-state index in [-0.39, 0.29) is 32.1 Å². The van der Waals surface area contributed by atoms with Crippen LogP contribution in [0.1, 0.15) is 245 Å². The molecular formula is C46H84N2O9. The van der Waals surface area contributed by atoms with Crippen LogP contribution in [0.5, 0.6) is 0 Å². The maximum atomic E-state index is 12.3. The van der Waals surface area contributed by atoms with E-state index in [4.69, 9.17) is 15.2 Å². The number of carboxylic acid groups (broad SMARTS) is 1. The van der Waals surface area contributed by atoms with Crippen LogP contribution in [0.2, 0.25) is 0 Å². The average Bonchev–Trinajstić information content (AvgIpc) is 3.18. The number of esters is 4. The molecule has 11 nitrogen and oxygen atoms in total. The van der Waals surface area contributed by atoms with E-state index in [0.717, 1.165) is 38.5 Å². The van der Waals surface area contributed by atoms with Crippen molar-refractivity contribution < 1.29 is 43.3 Å². The Morgan fingerprint density at radius 2 is 0.754 bits per heavy atom. The zero-order chi connectivity index (χ0) is 42.2. The van der Waals surface area contributed by atoms with E-state index in [9.17, 15) is 33.9 Å². The van der Waals surface area contributed by atoms with E-state index in [1.807, 2.05) is 0 Å². The number of hydrogen-bond acceptors (Lipinski definition) is 9. The van der Waals surface area contributed by atoms with Crippen LogP contribution in [-0.4, -0.2) is 52.9 Å². The summed E-state index contributed by atoms with van der Waals surface area (Å²) < 4.78 is 9.56. The molecule has 0 aromatic rings. The number of hydrogen-bond donors (Lipinski definition) is 3. The third-order valence-corrected chi connectivity index (χ3v) is 10.7. The number of carbonyl (C=O) groups excluding carboxylic acids is 5. The SMILES string of the molecule is CCCCCCCCCCCCCCCCCC(=O)N[C@H](CCC(=O)OC(=O)[C@H](N)CCC(=O)OC(=O)CCCCCCCCCCCCCCCCC)C(=O)O. The third kappa shape index (κ3) is 37.2. The number of carboxylic acids is 1. The number of aliphatic carboxylic acids is 1. The molecule has 0 aromatic heterocycles. The van der Waals surface area contributed by atoms with E-state index in [0.29, 0.717) is 12.8 Å². The zero-order valence-corrected chi connectivity index (χ0v) is 36.4. The highest BCUT2D eigenvalue weighted by Crippen LogP contribution is 2.16. The number of rotatable bonds is 41. The molecule has 0 bridgehead atoms. The van der Waals surface area contributed by atoms with Crippen LogP contribution < -0.4 is 11.1 Å². The normalized spacial score (nSPS) is 12.2. The lowest BCUT2D eigenvalue weighted by Crippen LogP contribution is -2.41. The Kier molecular flexibility index (Phi) is 38.0. The lowest BCUT2D eigenvalue weighted by molar-refractivity contribution is -0.161. The van der Waals surface area contributed by atoms with Crippen LogP contribution in [0.15, 0.2) is 0 Å². The van der Waals surface area contributed by atoms with Crippen LogP contribution in [0, 0.1) is 0 Å². The molecule has 0 radical (unpaired) electrons. The van der Waals surface area contributed by atoms with Gasteiger partial charge in [-0.15, -0.1) is 0 Å². The molecule has 0 unspecified atom stereocenters. The van der Waals surface area contributed by atoms with Gasteiger partial charge in [-0.25, -0.2) is 9.59 Å². The molecule has 4 N–H and O–H groups in total. The fourth-order valence-corrected chi connectivity index (χ4v) is 6.94. The van der Waals surface area contributed by atoms with Gasteiger partial charge >= 0.3 is 29.8 Å². The van der Waals surface area contributed by atoms with E-state index >= 15 is 0 Å². The Morgan fingerprint density at radius 3 is 1.14 bits per heavy atom. The maximum Gasteiger partial charge on any atom is 0.330 e. The second-order valence-corrected chi connectivity index (χ2v) is 16.2. The zero-order valence-electron chi connectivity index (χ0n) is 36.4. The number of nitrogens with one attached hydrogen (secondary N) is 1. The molecule has 332 valence electrons. The second-order valence-electron chi connectivity index (χ2n) is 16.2. The number of amides is 1. The molecule has 0 aliphatic rings. The quantitative estimate of drug-likeness (QED) is 0.0306. The summed E-state index contributed by atoms with van der Waals surface area (Å²) in [4.78, 5) is 72.6. The van der Waals surface area contributed by atoms with Crippen molar-refractivity contribution in [2.45, 2.75) is 257 Å². The van der Waals surface area contributed by atoms with Crippen molar-refractivity contribution in [3.8, 4) is 0 Å². The van der Waals surface area contributed by atoms with Gasteiger partial charge in [-0.1, -0.05) is 194 Å². The second kappa shape index (κ2) is 40.0. The van der Waals surface area contributed by atoms with E-state index in [1.54, 1.807) is 0 Å². The topological polar surface area (TPSA) is 179 Å². The molecule has 57 heavy (non-hydrogen) atoms. The lowest BCUT2D eigenvalue weighted by Gasteiger charge is -2.14. The van der Waals surface area contributed by atoms with Gasteiger partial charge in [-0.3, -0.25) is 19.2 Å². The summed E-state index contributed by atoms with van der Waals surface area (Å²) in [6.45, 7) is 4.49. The highest BCUT2D eigenvalue weighted by atomic mass is 16.6. The van der Waals surface area contributed by atoms with Gasteiger partial charge in [-0.05, 0) is 25.7 Å². The van der Waals surface area contributed by atoms with Gasteiger partial charge in [0.2, 0.25) is 5.91 Å². The van der Waals surface area contributed by atoms with Gasteiger partial charge in [0.25, 0.3) is 0 Å². The number of carbonyl (C=O) groups is 6. The minimum Gasteiger partial charge on any atom is -0.480 e. The molecule has 2 atom stereocenters. The summed E-state index contributed by atoms with van der Waals surface area (Å²) in [6.07, 6.45) is 35.5. The maximum absolute atomic E-state index is 12.3. The van der Waals surface area contributed by atoms with Gasteiger partial charge < -0.3 is 25.6 Å². The van der Waals surface area contributed by atoms with Crippen molar-refractivity contribution in [3.63, 3.8) is 0 Å². The molecule has 0 aliphatic carbocycles. The van der Waals surface area contributed by atoms with Crippen molar-refractivity contribution >= 4 is 35.8 Å². The lowest BCUT2D eigenvalue weighted by atomic mass is 10.0. The summed E-state index contributed by atoms with van der Waals surface area (Å²) >= 11 is 0. The molecular weight excluding hydrogens is 725 g/mol. The molecule has 11 heteroatoms. The van der Waals surface area contributed by atoms with Crippen LogP contribution in [0.25, 0.3) is 0 Å². The summed E-state index contributed by atoms with van der Waals surface area (Å²) in [5.41, 5.74) is 5.77. The van der Waals surface area contributed by atoms with Crippen LogP contribution >= 0.6 is 0 Å². The van der Waals surface area contributed by atoms with Crippen LogP contribution in [-0.2, 0) is 38.2 Å². The van der Waals surface area contributed by atoms with Crippen molar-refractivity contribution in [3.05, 3.63) is 0 Å². The van der Waals surface area contributed by atoms with Gasteiger partial charge in [-0.2, -0.15) is 0 Å². The Labute approximate surface area is 346 Å². The molecule has 0 fully saturated rings. The first-order valence-corrected chi connectivity index (χ1v) is 23.4. The van der Waals surface area contributed by atoms with E-state index in [2.05, 4.69) is 19.2 Å². The first kappa shape index (κ1) is 54.2.